The van der Waals surface area contributed by atoms with Crippen molar-refractivity contribution < 1.29 is 23.3 Å². The molecule has 0 aromatic heterocycles. The summed E-state index contributed by atoms with van der Waals surface area (Å²) in [5.41, 5.74) is 0. The Morgan fingerprint density at radius 1 is 1.00 bits per heavy atom. The summed E-state index contributed by atoms with van der Waals surface area (Å²) in [5.74, 6) is 0. The van der Waals surface area contributed by atoms with Crippen molar-refractivity contribution in [1.82, 2.24) is 4.67 Å². The topological polar surface area (TPSA) is 49.4 Å². The molecule has 0 saturated carbocycles. The van der Waals surface area contributed by atoms with E-state index in [4.69, 9.17) is 23.3 Å². The summed E-state index contributed by atoms with van der Waals surface area (Å²) in [6.07, 6.45) is -0.466. The second kappa shape index (κ2) is 4.94. The molecule has 0 bridgehead atoms. The van der Waals surface area contributed by atoms with Gasteiger partial charge in [-0.2, -0.15) is 0 Å². The minimum Gasteiger partial charge on any atom is -0.367 e. The first-order valence-corrected chi connectivity index (χ1v) is 7.42. The fraction of sp³-hybridized carbons (Fsp3) is 1.00. The Bertz CT molecular complexity index is 318. The normalized spacial score (nSPS) is 52.2. The number of hydrogen-bond donors (Lipinski definition) is 0. The van der Waals surface area contributed by atoms with Crippen LogP contribution in [0.3, 0.4) is 0 Å². The summed E-state index contributed by atoms with van der Waals surface area (Å²) in [4.78, 5) is 0. The smallest absolute Gasteiger partial charge is 0.259 e. The number of nitrogens with zero attached hydrogens (tertiary/aromatic N) is 1. The van der Waals surface area contributed by atoms with Crippen LogP contribution in [0.25, 0.3) is 0 Å². The molecule has 4 unspecified atom stereocenters. The van der Waals surface area contributed by atoms with Gasteiger partial charge in [0.2, 0.25) is 0 Å². The lowest BCUT2D eigenvalue weighted by molar-refractivity contribution is -0.304. The summed E-state index contributed by atoms with van der Waals surface area (Å²) in [6, 6.07) is 0. The Kier molecular flexibility index (Phi) is 3.62. The Morgan fingerprint density at radius 2 is 1.72 bits per heavy atom. The molecule has 0 spiro atoms. The van der Waals surface area contributed by atoms with E-state index in [-0.39, 0.29) is 36.8 Å². The van der Waals surface area contributed by atoms with Crippen LogP contribution in [0.5, 0.6) is 0 Å². The number of ether oxygens (including phenoxy) is 3. The number of hydrogen-bond acceptors (Lipinski definition) is 6. The molecule has 0 amide bonds. The van der Waals surface area contributed by atoms with Crippen molar-refractivity contribution in [2.45, 2.75) is 50.7 Å². The fourth-order valence-corrected chi connectivity index (χ4v) is 3.95. The van der Waals surface area contributed by atoms with Crippen LogP contribution in [0.4, 0.5) is 0 Å². The highest BCUT2D eigenvalue weighted by atomic mass is 31.2. The molecule has 0 radical (unpaired) electrons. The average Bonchev–Trinajstić information content (AvgIpc) is 2.76. The molecule has 7 atom stereocenters. The first kappa shape index (κ1) is 13.2. The molecule has 0 N–H and O–H groups in total. The van der Waals surface area contributed by atoms with Crippen LogP contribution in [0.1, 0.15) is 13.8 Å². The van der Waals surface area contributed by atoms with Crippen LogP contribution in [-0.2, 0) is 23.3 Å². The molecule has 0 aromatic rings. The summed E-state index contributed by atoms with van der Waals surface area (Å²) in [5, 5.41) is 0. The van der Waals surface area contributed by atoms with E-state index < -0.39 is 8.53 Å². The maximum absolute atomic E-state index is 6.02. The first-order valence-electron chi connectivity index (χ1n) is 6.29. The molecule has 3 aliphatic heterocycles. The Hall–Kier alpha value is 0.190. The summed E-state index contributed by atoms with van der Waals surface area (Å²) >= 11 is 0. The zero-order valence-electron chi connectivity index (χ0n) is 11.1. The molecule has 3 fully saturated rings. The first-order chi connectivity index (χ1) is 8.56. The third-order valence-electron chi connectivity index (χ3n) is 3.46. The summed E-state index contributed by atoms with van der Waals surface area (Å²) in [7, 11) is 2.92. The third-order valence-corrected chi connectivity index (χ3v) is 4.96. The van der Waals surface area contributed by atoms with E-state index in [0.717, 1.165) is 0 Å². The minimum atomic E-state index is -0.995. The van der Waals surface area contributed by atoms with Crippen LogP contribution in [-0.4, -0.2) is 62.2 Å². The lowest BCUT2D eigenvalue weighted by Crippen LogP contribution is -2.60. The van der Waals surface area contributed by atoms with Crippen molar-refractivity contribution in [3.05, 3.63) is 0 Å². The molecule has 18 heavy (non-hydrogen) atoms. The quantitative estimate of drug-likeness (QED) is 0.669. The van der Waals surface area contributed by atoms with E-state index >= 15 is 0 Å². The standard InChI is InChI=1S/C11H20NO5P/c1-6-9-11(17-18(16-9)12(3)4)10-8(14-6)5-13-7(2)15-10/h6-11H,5H2,1-4H3/t6?,7?,8?,9-,10-,11+,18?/m0/s1. The van der Waals surface area contributed by atoms with E-state index in [1.165, 1.54) is 0 Å². The van der Waals surface area contributed by atoms with Gasteiger partial charge >= 0.3 is 0 Å². The van der Waals surface area contributed by atoms with E-state index in [1.54, 1.807) is 0 Å². The fourth-order valence-electron chi connectivity index (χ4n) is 2.57. The summed E-state index contributed by atoms with van der Waals surface area (Å²) in [6.45, 7) is 4.47. The Labute approximate surface area is 108 Å². The zero-order valence-corrected chi connectivity index (χ0v) is 12.0. The second-order valence-corrected chi connectivity index (χ2v) is 6.80. The molecule has 0 aromatic carbocycles. The van der Waals surface area contributed by atoms with Gasteiger partial charge in [0.05, 0.1) is 12.7 Å². The molecular weight excluding hydrogens is 257 g/mol. The molecule has 104 valence electrons. The van der Waals surface area contributed by atoms with Crippen LogP contribution < -0.4 is 0 Å². The molecule has 7 heteroatoms. The molecular formula is C11H20NO5P. The van der Waals surface area contributed by atoms with Gasteiger partial charge in [0.25, 0.3) is 8.53 Å². The summed E-state index contributed by atoms with van der Waals surface area (Å²) < 4.78 is 31.1. The lowest BCUT2D eigenvalue weighted by atomic mass is 9.95. The van der Waals surface area contributed by atoms with Gasteiger partial charge in [-0.1, -0.05) is 0 Å². The molecule has 3 rings (SSSR count). The minimum absolute atomic E-state index is 0.00399. The van der Waals surface area contributed by atoms with Gasteiger partial charge in [0.15, 0.2) is 6.29 Å². The maximum atomic E-state index is 6.02. The van der Waals surface area contributed by atoms with Crippen LogP contribution >= 0.6 is 8.53 Å². The lowest BCUT2D eigenvalue weighted by Gasteiger charge is -2.44. The van der Waals surface area contributed by atoms with Gasteiger partial charge in [0.1, 0.15) is 24.4 Å². The molecule has 3 heterocycles. The van der Waals surface area contributed by atoms with Gasteiger partial charge in [-0.3, -0.25) is 0 Å². The van der Waals surface area contributed by atoms with Gasteiger partial charge in [-0.25, -0.2) is 4.67 Å². The molecule has 3 saturated heterocycles. The third kappa shape index (κ3) is 2.20. The van der Waals surface area contributed by atoms with E-state index in [2.05, 4.69) is 0 Å². The molecule has 0 aliphatic carbocycles. The van der Waals surface area contributed by atoms with E-state index in [9.17, 15) is 0 Å². The van der Waals surface area contributed by atoms with Gasteiger partial charge in [-0.05, 0) is 27.9 Å². The molecule has 3 aliphatic rings. The highest BCUT2D eigenvalue weighted by Gasteiger charge is 2.54. The van der Waals surface area contributed by atoms with Gasteiger partial charge in [0, 0.05) is 0 Å². The van der Waals surface area contributed by atoms with E-state index in [0.29, 0.717) is 6.61 Å². The second-order valence-electron chi connectivity index (χ2n) is 5.11. The van der Waals surface area contributed by atoms with Crippen molar-refractivity contribution in [2.75, 3.05) is 20.7 Å². The van der Waals surface area contributed by atoms with Crippen LogP contribution in [0, 0.1) is 0 Å². The average molecular weight is 277 g/mol. The largest absolute Gasteiger partial charge is 0.367 e. The van der Waals surface area contributed by atoms with E-state index in [1.807, 2.05) is 32.6 Å². The number of fused-ring (bicyclic) bond motifs is 3. The van der Waals surface area contributed by atoms with Gasteiger partial charge in [-0.15, -0.1) is 0 Å². The van der Waals surface area contributed by atoms with Crippen LogP contribution in [0.15, 0.2) is 0 Å². The Balaban J connectivity index is 1.77. The van der Waals surface area contributed by atoms with Crippen molar-refractivity contribution in [3.63, 3.8) is 0 Å². The van der Waals surface area contributed by atoms with Crippen molar-refractivity contribution in [3.8, 4) is 0 Å². The SMILES string of the molecule is CC1OCC2OC(C)[C@@H]3OP(N(C)C)O[C@H]3[C@H]2O1. The zero-order chi connectivity index (χ0) is 12.9. The molecule has 6 nitrogen and oxygen atoms in total. The maximum Gasteiger partial charge on any atom is 0.259 e. The monoisotopic (exact) mass is 277 g/mol. The highest BCUT2D eigenvalue weighted by molar-refractivity contribution is 7.44. The number of rotatable bonds is 1. The predicted octanol–water partition coefficient (Wildman–Crippen LogP) is 1.11. The van der Waals surface area contributed by atoms with Crippen molar-refractivity contribution >= 4 is 8.53 Å². The van der Waals surface area contributed by atoms with Crippen LogP contribution in [0.2, 0.25) is 0 Å². The predicted molar refractivity (Wildman–Crippen MR) is 65.0 cm³/mol. The highest BCUT2D eigenvalue weighted by Crippen LogP contribution is 2.54. The van der Waals surface area contributed by atoms with Crippen molar-refractivity contribution in [2.24, 2.45) is 0 Å². The Morgan fingerprint density at radius 3 is 2.44 bits per heavy atom. The van der Waals surface area contributed by atoms with Gasteiger partial charge < -0.3 is 23.3 Å². The van der Waals surface area contributed by atoms with Crippen molar-refractivity contribution in [1.29, 1.82) is 0 Å².